The van der Waals surface area contributed by atoms with Crippen molar-refractivity contribution >= 4 is 23.2 Å². The van der Waals surface area contributed by atoms with Crippen LogP contribution in [-0.2, 0) is 13.2 Å². The molecular formula is C21H24Cl2N2O. The molecule has 138 valence electrons. The molecule has 0 spiro atoms. The summed E-state index contributed by atoms with van der Waals surface area (Å²) in [6, 6.07) is 14.2. The number of benzene rings is 2. The highest BCUT2D eigenvalue weighted by Gasteiger charge is 2.33. The van der Waals surface area contributed by atoms with E-state index in [1.165, 1.54) is 25.9 Å². The molecule has 0 aromatic heterocycles. The Morgan fingerprint density at radius 1 is 1.04 bits per heavy atom. The summed E-state index contributed by atoms with van der Waals surface area (Å²) in [4.78, 5) is 2.56. The first-order chi connectivity index (χ1) is 12.7. The largest absolute Gasteiger partial charge is 0.489 e. The highest BCUT2D eigenvalue weighted by molar-refractivity contribution is 6.31. The lowest BCUT2D eigenvalue weighted by atomic mass is 9.84. The molecule has 5 rings (SSSR count). The number of hydrogen-bond acceptors (Lipinski definition) is 3. The van der Waals surface area contributed by atoms with Crippen LogP contribution in [-0.4, -0.2) is 30.6 Å². The minimum absolute atomic E-state index is 0.453. The second-order valence-corrected chi connectivity index (χ2v) is 8.10. The topological polar surface area (TPSA) is 24.5 Å². The molecule has 3 nitrogen and oxygen atoms in total. The van der Waals surface area contributed by atoms with Gasteiger partial charge < -0.3 is 15.0 Å². The predicted molar refractivity (Wildman–Crippen MR) is 107 cm³/mol. The number of halogens is 2. The monoisotopic (exact) mass is 390 g/mol. The van der Waals surface area contributed by atoms with Gasteiger partial charge in [0.25, 0.3) is 0 Å². The van der Waals surface area contributed by atoms with Gasteiger partial charge in [0.05, 0.1) is 0 Å². The van der Waals surface area contributed by atoms with Gasteiger partial charge in [-0.05, 0) is 56.1 Å². The van der Waals surface area contributed by atoms with Crippen LogP contribution in [0.25, 0.3) is 0 Å². The fraction of sp³-hybridized carbons (Fsp3) is 0.429. The molecule has 2 aromatic carbocycles. The Morgan fingerprint density at radius 3 is 2.58 bits per heavy atom. The van der Waals surface area contributed by atoms with Crippen LogP contribution >= 0.6 is 23.2 Å². The van der Waals surface area contributed by atoms with E-state index in [4.69, 9.17) is 27.9 Å². The van der Waals surface area contributed by atoms with Gasteiger partial charge >= 0.3 is 0 Å². The van der Waals surface area contributed by atoms with Gasteiger partial charge in [-0.2, -0.15) is 0 Å². The molecule has 2 bridgehead atoms. The molecule has 0 amide bonds. The van der Waals surface area contributed by atoms with Crippen molar-refractivity contribution in [1.82, 2.24) is 10.2 Å². The number of fused-ring (bicyclic) bond motifs is 3. The van der Waals surface area contributed by atoms with Gasteiger partial charge in [0, 0.05) is 40.3 Å². The van der Waals surface area contributed by atoms with E-state index in [0.717, 1.165) is 45.9 Å². The third-order valence-corrected chi connectivity index (χ3v) is 6.18. The summed E-state index contributed by atoms with van der Waals surface area (Å²) in [5.74, 6) is 1.66. The highest BCUT2D eigenvalue weighted by atomic mass is 35.5. The lowest BCUT2D eigenvalue weighted by Crippen LogP contribution is -2.55. The summed E-state index contributed by atoms with van der Waals surface area (Å²) in [5, 5.41) is 5.21. The van der Waals surface area contributed by atoms with E-state index >= 15 is 0 Å². The average molecular weight is 391 g/mol. The third-order valence-electron chi connectivity index (χ3n) is 5.57. The Balaban J connectivity index is 1.42. The highest BCUT2D eigenvalue weighted by Crippen LogP contribution is 2.29. The zero-order valence-electron chi connectivity index (χ0n) is 14.8. The molecule has 26 heavy (non-hydrogen) atoms. The first-order valence-corrected chi connectivity index (χ1v) is 10.0. The van der Waals surface area contributed by atoms with E-state index in [9.17, 15) is 0 Å². The molecule has 0 radical (unpaired) electrons. The Kier molecular flexibility index (Phi) is 5.70. The summed E-state index contributed by atoms with van der Waals surface area (Å²) >= 11 is 12.5. The van der Waals surface area contributed by atoms with Crippen molar-refractivity contribution in [2.24, 2.45) is 5.92 Å². The van der Waals surface area contributed by atoms with Crippen molar-refractivity contribution in [2.75, 3.05) is 19.6 Å². The van der Waals surface area contributed by atoms with Gasteiger partial charge in [0.2, 0.25) is 0 Å². The van der Waals surface area contributed by atoms with Crippen molar-refractivity contribution in [2.45, 2.75) is 32.0 Å². The second-order valence-electron chi connectivity index (χ2n) is 7.26. The zero-order chi connectivity index (χ0) is 17.9. The summed E-state index contributed by atoms with van der Waals surface area (Å²) in [7, 11) is 0. The molecule has 0 aliphatic carbocycles. The van der Waals surface area contributed by atoms with Gasteiger partial charge in [-0.25, -0.2) is 0 Å². The van der Waals surface area contributed by atoms with Gasteiger partial charge in [0.1, 0.15) is 12.4 Å². The van der Waals surface area contributed by atoms with Crippen LogP contribution in [0.4, 0.5) is 0 Å². The SMILES string of the molecule is Clc1ccc(OCc2ccccc2Cl)c(CNC2CN3CCC2CC3)c1. The van der Waals surface area contributed by atoms with Crippen molar-refractivity contribution in [1.29, 1.82) is 0 Å². The van der Waals surface area contributed by atoms with Gasteiger partial charge in [-0.1, -0.05) is 41.4 Å². The van der Waals surface area contributed by atoms with Gasteiger partial charge in [-0.3, -0.25) is 0 Å². The summed E-state index contributed by atoms with van der Waals surface area (Å²) in [5.41, 5.74) is 2.08. The fourth-order valence-electron chi connectivity index (χ4n) is 4.04. The number of hydrogen-bond donors (Lipinski definition) is 1. The van der Waals surface area contributed by atoms with Crippen LogP contribution in [0.2, 0.25) is 10.0 Å². The van der Waals surface area contributed by atoms with Crippen LogP contribution < -0.4 is 10.1 Å². The van der Waals surface area contributed by atoms with Crippen LogP contribution in [0, 0.1) is 5.92 Å². The number of nitrogens with zero attached hydrogens (tertiary/aromatic N) is 1. The number of ether oxygens (including phenoxy) is 1. The Hall–Kier alpha value is -1.26. The van der Waals surface area contributed by atoms with E-state index in [1.54, 1.807) is 0 Å². The Bertz CT molecular complexity index is 759. The van der Waals surface area contributed by atoms with Crippen LogP contribution in [0.5, 0.6) is 5.75 Å². The van der Waals surface area contributed by atoms with E-state index in [2.05, 4.69) is 10.2 Å². The number of nitrogens with one attached hydrogen (secondary N) is 1. The normalized spacial score (nSPS) is 24.6. The smallest absolute Gasteiger partial charge is 0.124 e. The lowest BCUT2D eigenvalue weighted by molar-refractivity contribution is 0.0718. The van der Waals surface area contributed by atoms with Crippen molar-refractivity contribution in [3.05, 3.63) is 63.6 Å². The fourth-order valence-corrected chi connectivity index (χ4v) is 4.42. The predicted octanol–water partition coefficient (Wildman–Crippen LogP) is 4.76. The minimum Gasteiger partial charge on any atom is -0.489 e. The molecular weight excluding hydrogens is 367 g/mol. The maximum absolute atomic E-state index is 6.24. The quantitative estimate of drug-likeness (QED) is 0.769. The van der Waals surface area contributed by atoms with Gasteiger partial charge in [-0.15, -0.1) is 0 Å². The Labute approximate surface area is 165 Å². The molecule has 5 heteroatoms. The van der Waals surface area contributed by atoms with Crippen LogP contribution in [0.3, 0.4) is 0 Å². The Morgan fingerprint density at radius 2 is 1.85 bits per heavy atom. The molecule has 3 heterocycles. The summed E-state index contributed by atoms with van der Waals surface area (Å²) < 4.78 is 6.07. The molecule has 1 unspecified atom stereocenters. The maximum atomic E-state index is 6.24. The summed E-state index contributed by atoms with van der Waals surface area (Å²) in [6.45, 7) is 4.89. The molecule has 3 fully saturated rings. The van der Waals surface area contributed by atoms with E-state index in [1.807, 2.05) is 42.5 Å². The number of rotatable bonds is 6. The molecule has 1 atom stereocenters. The van der Waals surface area contributed by atoms with Crippen LogP contribution in [0.1, 0.15) is 24.0 Å². The molecule has 0 saturated carbocycles. The first-order valence-electron chi connectivity index (χ1n) is 9.29. The molecule has 3 aliphatic rings. The van der Waals surface area contributed by atoms with E-state index < -0.39 is 0 Å². The third kappa shape index (κ3) is 4.17. The van der Waals surface area contributed by atoms with E-state index in [-0.39, 0.29) is 0 Å². The summed E-state index contributed by atoms with van der Waals surface area (Å²) in [6.07, 6.45) is 2.62. The second kappa shape index (κ2) is 8.18. The maximum Gasteiger partial charge on any atom is 0.124 e. The standard InChI is InChI=1S/C21H24Cl2N2O/c22-18-5-6-21(26-14-16-3-1-2-4-19(16)23)17(11-18)12-24-20-13-25-9-7-15(20)8-10-25/h1-6,11,15,20,24H,7-10,12-14H2. The van der Waals surface area contributed by atoms with Crippen LogP contribution in [0.15, 0.2) is 42.5 Å². The van der Waals surface area contributed by atoms with Crippen molar-refractivity contribution in [3.63, 3.8) is 0 Å². The number of piperidine rings is 3. The molecule has 1 N–H and O–H groups in total. The molecule has 3 saturated heterocycles. The van der Waals surface area contributed by atoms with Gasteiger partial charge in [0.15, 0.2) is 0 Å². The molecule has 3 aliphatic heterocycles. The zero-order valence-corrected chi connectivity index (χ0v) is 16.3. The van der Waals surface area contributed by atoms with Crippen molar-refractivity contribution < 1.29 is 4.74 Å². The minimum atomic E-state index is 0.453. The molecule has 2 aromatic rings. The average Bonchev–Trinajstić information content (AvgIpc) is 2.68. The lowest BCUT2D eigenvalue weighted by Gasteiger charge is -2.45. The van der Waals surface area contributed by atoms with E-state index in [0.29, 0.717) is 12.6 Å². The van der Waals surface area contributed by atoms with Crippen molar-refractivity contribution in [3.8, 4) is 5.75 Å². The first kappa shape index (κ1) is 18.1.